The van der Waals surface area contributed by atoms with E-state index < -0.39 is 58.0 Å². The molecule has 1 aliphatic heterocycles. The van der Waals surface area contributed by atoms with Gasteiger partial charge < -0.3 is 36.2 Å². The van der Waals surface area contributed by atoms with E-state index in [-0.39, 0.29) is 40.7 Å². The number of hydrogen-bond acceptors (Lipinski definition) is 9. The van der Waals surface area contributed by atoms with E-state index in [1.165, 1.54) is 6.07 Å². The molecule has 1 aromatic rings. The largest absolute Gasteiger partial charge is 0.508 e. The van der Waals surface area contributed by atoms with E-state index >= 15 is 0 Å². The molecule has 0 unspecified atom stereocenters. The molecule has 4 atom stereocenters. The quantitative estimate of drug-likeness (QED) is 0.317. The van der Waals surface area contributed by atoms with E-state index in [0.29, 0.717) is 25.2 Å². The maximum Gasteiger partial charge on any atom is 0.255 e. The molecule has 1 heterocycles. The lowest BCUT2D eigenvalue weighted by molar-refractivity contribution is -0.172. The Kier molecular flexibility index (Phi) is 5.38. The van der Waals surface area contributed by atoms with Crippen molar-refractivity contribution in [2.45, 2.75) is 63.1 Å². The first kappa shape index (κ1) is 25.1. The normalized spacial score (nSPS) is 32.1. The van der Waals surface area contributed by atoms with Gasteiger partial charge in [0.15, 0.2) is 11.4 Å². The Morgan fingerprint density at radius 2 is 1.84 bits per heavy atom. The lowest BCUT2D eigenvalue weighted by Crippen LogP contribution is -2.69. The van der Waals surface area contributed by atoms with Crippen molar-refractivity contribution in [1.29, 1.82) is 0 Å². The van der Waals surface area contributed by atoms with Crippen LogP contribution in [0.25, 0.3) is 5.76 Å². The molecular weight excluding hydrogens is 492 g/mol. The molecule has 4 aliphatic carbocycles. The smallest absolute Gasteiger partial charge is 0.255 e. The van der Waals surface area contributed by atoms with Crippen molar-refractivity contribution in [3.63, 3.8) is 0 Å². The molecule has 7 N–H and O–H groups in total. The molecule has 3 fully saturated rings. The van der Waals surface area contributed by atoms with Crippen LogP contribution in [0.3, 0.4) is 0 Å². The molecule has 5 aliphatic rings. The molecule has 6 rings (SSSR count). The highest BCUT2D eigenvalue weighted by molar-refractivity contribution is 6.24. The number of aromatic hydroxyl groups is 1. The number of fused-ring (bicyclic) bond motifs is 3. The average Bonchev–Trinajstić information content (AvgIpc) is 2.78. The molecule has 10 heteroatoms. The van der Waals surface area contributed by atoms with Gasteiger partial charge in [-0.25, -0.2) is 0 Å². The maximum absolute atomic E-state index is 14.0. The van der Waals surface area contributed by atoms with Crippen LogP contribution in [0.4, 0.5) is 0 Å². The SMILES string of the molecule is CC(C)c1ccc(O)c2c1C[C@H]1C[C@H]3[C@@H](NC4CC5(COC5)C4)C(=O)C(C(N)=O)=C(O)[C@@]3(O)C(=O)C1=C2O. The molecule has 1 saturated heterocycles. The zero-order valence-corrected chi connectivity index (χ0v) is 21.3. The third kappa shape index (κ3) is 3.20. The number of ketones is 2. The lowest BCUT2D eigenvalue weighted by atomic mass is 9.57. The van der Waals surface area contributed by atoms with Crippen molar-refractivity contribution < 1.29 is 39.5 Å². The number of phenolic OH excluding ortho intramolecular Hbond substituents is 1. The summed E-state index contributed by atoms with van der Waals surface area (Å²) in [6.07, 6.45) is 1.87. The number of ether oxygens (including phenoxy) is 1. The van der Waals surface area contributed by atoms with Gasteiger partial charge in [0.05, 0.1) is 24.8 Å². The van der Waals surface area contributed by atoms with Crippen LogP contribution in [0.5, 0.6) is 5.75 Å². The fourth-order valence-corrected chi connectivity index (χ4v) is 7.42. The summed E-state index contributed by atoms with van der Waals surface area (Å²) in [6, 6.07) is 2.01. The van der Waals surface area contributed by atoms with Gasteiger partial charge in [-0.2, -0.15) is 0 Å². The number of carbonyl (C=O) groups is 3. The first-order valence-corrected chi connectivity index (χ1v) is 13.1. The van der Waals surface area contributed by atoms with E-state index in [1.54, 1.807) is 6.07 Å². The number of carbonyl (C=O) groups excluding carboxylic acids is 3. The van der Waals surface area contributed by atoms with Crippen LogP contribution < -0.4 is 11.1 Å². The van der Waals surface area contributed by atoms with Crippen molar-refractivity contribution in [3.8, 4) is 5.75 Å². The zero-order valence-electron chi connectivity index (χ0n) is 21.3. The van der Waals surface area contributed by atoms with Crippen LogP contribution in [0.15, 0.2) is 29.0 Å². The first-order chi connectivity index (χ1) is 17.9. The van der Waals surface area contributed by atoms with Crippen molar-refractivity contribution in [1.82, 2.24) is 5.32 Å². The fourth-order valence-electron chi connectivity index (χ4n) is 7.42. The summed E-state index contributed by atoms with van der Waals surface area (Å²) in [6.45, 7) is 5.26. The van der Waals surface area contributed by atoms with Crippen LogP contribution in [0.2, 0.25) is 0 Å². The number of primary amides is 1. The molecular formula is C28H32N2O8. The lowest BCUT2D eigenvalue weighted by Gasteiger charge is -2.56. The number of amides is 1. The van der Waals surface area contributed by atoms with E-state index in [2.05, 4.69) is 5.32 Å². The molecule has 1 aromatic carbocycles. The highest BCUT2D eigenvalue weighted by atomic mass is 16.5. The van der Waals surface area contributed by atoms with Gasteiger partial charge in [-0.15, -0.1) is 0 Å². The molecule has 0 radical (unpaired) electrons. The molecule has 202 valence electrons. The van der Waals surface area contributed by atoms with Crippen LogP contribution in [-0.2, 0) is 25.5 Å². The van der Waals surface area contributed by atoms with Crippen molar-refractivity contribution in [2.24, 2.45) is 23.0 Å². The zero-order chi connectivity index (χ0) is 27.3. The number of aliphatic hydroxyl groups excluding tert-OH is 2. The number of nitrogens with two attached hydrogens (primary N) is 1. The van der Waals surface area contributed by atoms with Crippen LogP contribution >= 0.6 is 0 Å². The van der Waals surface area contributed by atoms with Crippen molar-refractivity contribution in [2.75, 3.05) is 13.2 Å². The minimum absolute atomic E-state index is 0.0720. The maximum atomic E-state index is 14.0. The molecule has 2 saturated carbocycles. The number of phenols is 1. The number of hydrogen-bond donors (Lipinski definition) is 6. The fraction of sp³-hybridized carbons (Fsp3) is 0.536. The molecule has 0 aromatic heterocycles. The van der Waals surface area contributed by atoms with Crippen LogP contribution in [0, 0.1) is 17.3 Å². The van der Waals surface area contributed by atoms with Crippen molar-refractivity contribution in [3.05, 3.63) is 45.7 Å². The summed E-state index contributed by atoms with van der Waals surface area (Å²) in [4.78, 5) is 39.7. The highest BCUT2D eigenvalue weighted by Gasteiger charge is 2.64. The summed E-state index contributed by atoms with van der Waals surface area (Å²) in [5.41, 5.74) is 3.67. The minimum atomic E-state index is -2.64. The van der Waals surface area contributed by atoms with Gasteiger partial charge in [0.1, 0.15) is 22.8 Å². The number of aliphatic hydroxyl groups is 3. The van der Waals surface area contributed by atoms with Crippen molar-refractivity contribution >= 4 is 23.2 Å². The highest BCUT2D eigenvalue weighted by Crippen LogP contribution is 2.54. The number of Topliss-reactive ketones (excluding diaryl/α,β-unsaturated/α-hetero) is 2. The third-order valence-corrected chi connectivity index (χ3v) is 9.33. The molecule has 38 heavy (non-hydrogen) atoms. The number of nitrogens with one attached hydrogen (secondary N) is 1. The Morgan fingerprint density at radius 1 is 1.16 bits per heavy atom. The Balaban J connectivity index is 1.46. The predicted octanol–water partition coefficient (Wildman–Crippen LogP) is 1.29. The Labute approximate surface area is 219 Å². The summed E-state index contributed by atoms with van der Waals surface area (Å²) < 4.78 is 5.32. The van der Waals surface area contributed by atoms with Gasteiger partial charge in [-0.1, -0.05) is 19.9 Å². The van der Waals surface area contributed by atoms with Gasteiger partial charge in [0.25, 0.3) is 5.91 Å². The third-order valence-electron chi connectivity index (χ3n) is 9.33. The number of benzene rings is 1. The van der Waals surface area contributed by atoms with Crippen LogP contribution in [0.1, 0.15) is 55.7 Å². The number of rotatable bonds is 4. The molecule has 1 spiro atoms. The second-order valence-corrected chi connectivity index (χ2v) is 12.0. The Morgan fingerprint density at radius 3 is 2.42 bits per heavy atom. The Bertz CT molecular complexity index is 1350. The first-order valence-electron chi connectivity index (χ1n) is 13.1. The molecule has 10 nitrogen and oxygen atoms in total. The topological polar surface area (TPSA) is 179 Å². The standard InChI is InChI=1S/C28H32N2O8/c1-11(2)14-3-4-17(31)19-15(14)5-12-6-16-21(30-13-7-27(8-13)9-38-10-27)23(33)20(26(29)36)25(35)28(16,37)24(34)18(12)22(19)32/h3-4,11-13,16,21,30-32,35,37H,5-10H2,1-2H3,(H2,29,36)/t12-,16-,21+,28-/m0/s1. The van der Waals surface area contributed by atoms with E-state index in [9.17, 15) is 34.8 Å². The summed E-state index contributed by atoms with van der Waals surface area (Å²) in [5, 5.41) is 48.0. The molecule has 0 bridgehead atoms. The molecule has 1 amide bonds. The van der Waals surface area contributed by atoms with Gasteiger partial charge in [-0.3, -0.25) is 14.4 Å². The van der Waals surface area contributed by atoms with E-state index in [4.69, 9.17) is 10.5 Å². The van der Waals surface area contributed by atoms with Gasteiger partial charge in [-0.05, 0) is 54.7 Å². The van der Waals surface area contributed by atoms with E-state index in [0.717, 1.165) is 18.4 Å². The second-order valence-electron chi connectivity index (χ2n) is 12.0. The Hall–Kier alpha value is -3.21. The van der Waals surface area contributed by atoms with E-state index in [1.807, 2.05) is 13.8 Å². The monoisotopic (exact) mass is 524 g/mol. The van der Waals surface area contributed by atoms with Gasteiger partial charge in [0, 0.05) is 22.9 Å². The average molecular weight is 525 g/mol. The van der Waals surface area contributed by atoms with Gasteiger partial charge >= 0.3 is 0 Å². The van der Waals surface area contributed by atoms with Gasteiger partial charge in [0.2, 0.25) is 5.78 Å². The summed E-state index contributed by atoms with van der Waals surface area (Å²) in [5.74, 6) is -6.34. The van der Waals surface area contributed by atoms with Crippen LogP contribution in [-0.4, -0.2) is 68.8 Å². The predicted molar refractivity (Wildman–Crippen MR) is 134 cm³/mol. The summed E-state index contributed by atoms with van der Waals surface area (Å²) in [7, 11) is 0. The summed E-state index contributed by atoms with van der Waals surface area (Å²) >= 11 is 0. The second kappa shape index (κ2) is 8.14. The minimum Gasteiger partial charge on any atom is -0.508 e.